The van der Waals surface area contributed by atoms with Gasteiger partial charge in [0.1, 0.15) is 12.2 Å². The lowest BCUT2D eigenvalue weighted by molar-refractivity contribution is -0.136. The van der Waals surface area contributed by atoms with Crippen LogP contribution in [-0.4, -0.2) is 42.1 Å². The van der Waals surface area contributed by atoms with Crippen LogP contribution in [0.4, 0.5) is 13.2 Å². The van der Waals surface area contributed by atoms with Gasteiger partial charge >= 0.3 is 6.18 Å². The highest BCUT2D eigenvalue weighted by atomic mass is 19.4. The summed E-state index contributed by atoms with van der Waals surface area (Å²) in [5, 5.41) is 8.49. The Labute approximate surface area is 230 Å². The van der Waals surface area contributed by atoms with Crippen molar-refractivity contribution in [1.29, 1.82) is 0 Å². The molecule has 210 valence electrons. The Kier molecular flexibility index (Phi) is 6.56. The molecule has 2 fully saturated rings. The van der Waals surface area contributed by atoms with Crippen molar-refractivity contribution >= 4 is 5.65 Å². The lowest BCUT2D eigenvalue weighted by atomic mass is 9.58. The van der Waals surface area contributed by atoms with Crippen molar-refractivity contribution in [3.05, 3.63) is 81.9 Å². The first-order valence-electron chi connectivity index (χ1n) is 13.8. The van der Waals surface area contributed by atoms with Gasteiger partial charge in [-0.2, -0.15) is 13.2 Å². The molecule has 1 unspecified atom stereocenters. The molecule has 10 heteroatoms. The molecule has 3 aromatic heterocycles. The van der Waals surface area contributed by atoms with Crippen molar-refractivity contribution in [1.82, 2.24) is 29.0 Å². The number of halogens is 3. The molecule has 4 heterocycles. The number of alkyl halides is 3. The predicted octanol–water partition coefficient (Wildman–Crippen LogP) is 5.46. The summed E-state index contributed by atoms with van der Waals surface area (Å²) < 4.78 is 45.4. The standard InChI is InChI=1S/C30H33F3N6O/c1-19-6-5-9-38(15-19)16-21-10-25(30(31,32)33)26-34-14-24(27(40)39(26)17-21)22-7-4-8-23(11-22)29(12-20(2)13-29)28-36-35-18-37(28)3/h4,7-8,10-11,14,17-20H,5-6,9,12-13,15-16H2,1-3H3. The van der Waals surface area contributed by atoms with Crippen LogP contribution in [0, 0.1) is 11.8 Å². The lowest BCUT2D eigenvalue weighted by Gasteiger charge is -2.46. The van der Waals surface area contributed by atoms with E-state index in [1.54, 1.807) is 6.33 Å². The summed E-state index contributed by atoms with van der Waals surface area (Å²) in [6.45, 7) is 6.36. The van der Waals surface area contributed by atoms with Crippen molar-refractivity contribution in [2.45, 2.75) is 57.7 Å². The van der Waals surface area contributed by atoms with E-state index in [9.17, 15) is 18.0 Å². The third-order valence-electron chi connectivity index (χ3n) is 8.57. The first kappa shape index (κ1) is 26.7. The van der Waals surface area contributed by atoms with Gasteiger partial charge < -0.3 is 4.57 Å². The maximum atomic E-state index is 14.1. The first-order chi connectivity index (χ1) is 19.0. The van der Waals surface area contributed by atoms with Gasteiger partial charge in [0.15, 0.2) is 5.65 Å². The number of hydrogen-bond acceptors (Lipinski definition) is 5. The minimum atomic E-state index is -4.64. The number of aromatic nitrogens is 5. The van der Waals surface area contributed by atoms with Crippen LogP contribution in [0.25, 0.3) is 16.8 Å². The SMILES string of the molecule is CC1CCCN(Cc2cc(C(F)(F)F)c3ncc(-c4cccc(C5(c6nncn6C)CC(C)C5)c4)c(=O)n3c2)C1. The molecule has 0 N–H and O–H groups in total. The fourth-order valence-electron chi connectivity index (χ4n) is 6.80. The molecule has 1 aliphatic heterocycles. The number of hydrogen-bond donors (Lipinski definition) is 0. The molecule has 0 bridgehead atoms. The third kappa shape index (κ3) is 4.62. The van der Waals surface area contributed by atoms with Crippen LogP contribution in [0.1, 0.15) is 62.0 Å². The quantitative estimate of drug-likeness (QED) is 0.330. The largest absolute Gasteiger partial charge is 0.419 e. The molecular weight excluding hydrogens is 517 g/mol. The molecule has 1 saturated carbocycles. The molecule has 1 atom stereocenters. The van der Waals surface area contributed by atoms with Gasteiger partial charge in [-0.1, -0.05) is 32.0 Å². The summed E-state index contributed by atoms with van der Waals surface area (Å²) in [6, 6.07) is 8.81. The van der Waals surface area contributed by atoms with Crippen LogP contribution in [0.15, 0.2) is 53.8 Å². The number of fused-ring (bicyclic) bond motifs is 1. The van der Waals surface area contributed by atoms with E-state index in [0.717, 1.165) is 60.6 Å². The number of aryl methyl sites for hydroxylation is 1. The van der Waals surface area contributed by atoms with Crippen molar-refractivity contribution in [3.8, 4) is 11.1 Å². The summed E-state index contributed by atoms with van der Waals surface area (Å²) in [5.41, 5.74) is 0.223. The molecule has 0 spiro atoms. The normalized spacial score (nSPS) is 23.9. The summed E-state index contributed by atoms with van der Waals surface area (Å²) in [6.07, 6.45) is 3.77. The zero-order chi connectivity index (χ0) is 28.2. The van der Waals surface area contributed by atoms with Gasteiger partial charge in [-0.15, -0.1) is 10.2 Å². The highest BCUT2D eigenvalue weighted by Crippen LogP contribution is 2.51. The first-order valence-corrected chi connectivity index (χ1v) is 13.8. The summed E-state index contributed by atoms with van der Waals surface area (Å²) >= 11 is 0. The fourth-order valence-corrected chi connectivity index (χ4v) is 6.80. The van der Waals surface area contributed by atoms with E-state index in [-0.39, 0.29) is 16.6 Å². The Bertz CT molecular complexity index is 1620. The Hall–Kier alpha value is -3.53. The van der Waals surface area contributed by atoms with Crippen molar-refractivity contribution < 1.29 is 13.2 Å². The lowest BCUT2D eigenvalue weighted by Crippen LogP contribution is -2.43. The smallest absolute Gasteiger partial charge is 0.320 e. The van der Waals surface area contributed by atoms with Crippen LogP contribution in [0.5, 0.6) is 0 Å². The molecule has 7 nitrogen and oxygen atoms in total. The molecule has 1 aliphatic carbocycles. The minimum absolute atomic E-state index is 0.261. The van der Waals surface area contributed by atoms with Gasteiger partial charge in [-0.3, -0.25) is 14.1 Å². The topological polar surface area (TPSA) is 68.3 Å². The van der Waals surface area contributed by atoms with Gasteiger partial charge in [0.05, 0.1) is 16.5 Å². The molecule has 40 heavy (non-hydrogen) atoms. The average molecular weight is 551 g/mol. The van der Waals surface area contributed by atoms with Crippen LogP contribution < -0.4 is 5.56 Å². The van der Waals surface area contributed by atoms with Crippen LogP contribution in [-0.2, 0) is 25.2 Å². The second-order valence-electron chi connectivity index (χ2n) is 11.9. The second-order valence-corrected chi connectivity index (χ2v) is 11.9. The molecule has 1 aromatic carbocycles. The van der Waals surface area contributed by atoms with Crippen molar-refractivity contribution in [2.24, 2.45) is 18.9 Å². The molecular formula is C30H33F3N6O. The maximum absolute atomic E-state index is 14.1. The van der Waals surface area contributed by atoms with Crippen LogP contribution in [0.3, 0.4) is 0 Å². The maximum Gasteiger partial charge on any atom is 0.419 e. The van der Waals surface area contributed by atoms with Crippen LogP contribution >= 0.6 is 0 Å². The molecule has 4 aromatic rings. The third-order valence-corrected chi connectivity index (χ3v) is 8.57. The zero-order valence-corrected chi connectivity index (χ0v) is 22.9. The number of pyridine rings is 1. The van der Waals surface area contributed by atoms with E-state index in [2.05, 4.69) is 33.9 Å². The van der Waals surface area contributed by atoms with Gasteiger partial charge in [0.25, 0.3) is 5.56 Å². The molecule has 0 amide bonds. The van der Waals surface area contributed by atoms with E-state index in [0.29, 0.717) is 29.5 Å². The molecule has 0 radical (unpaired) electrons. The molecule has 2 aliphatic rings. The number of rotatable bonds is 5. The zero-order valence-electron chi connectivity index (χ0n) is 22.9. The molecule has 1 saturated heterocycles. The summed E-state index contributed by atoms with van der Waals surface area (Å²) in [4.78, 5) is 20.1. The van der Waals surface area contributed by atoms with Crippen molar-refractivity contribution in [3.63, 3.8) is 0 Å². The van der Waals surface area contributed by atoms with Gasteiger partial charge in [-0.25, -0.2) is 4.98 Å². The number of benzene rings is 1. The highest BCUT2D eigenvalue weighted by Gasteiger charge is 2.48. The molecule has 6 rings (SSSR count). The Balaban J connectivity index is 1.45. The fraction of sp³-hybridized carbons (Fsp3) is 0.467. The predicted molar refractivity (Wildman–Crippen MR) is 146 cm³/mol. The van der Waals surface area contributed by atoms with Crippen LogP contribution in [0.2, 0.25) is 0 Å². The Morgan fingerprint density at radius 3 is 2.60 bits per heavy atom. The number of nitrogens with zero attached hydrogens (tertiary/aromatic N) is 6. The number of piperidine rings is 1. The van der Waals surface area contributed by atoms with Crippen molar-refractivity contribution in [2.75, 3.05) is 13.1 Å². The van der Waals surface area contributed by atoms with Gasteiger partial charge in [0, 0.05) is 32.5 Å². The Morgan fingerprint density at radius 2 is 1.93 bits per heavy atom. The Morgan fingerprint density at radius 1 is 1.12 bits per heavy atom. The average Bonchev–Trinajstić information content (AvgIpc) is 3.32. The second kappa shape index (κ2) is 9.83. The minimum Gasteiger partial charge on any atom is -0.320 e. The summed E-state index contributed by atoms with van der Waals surface area (Å²) in [5.74, 6) is 1.86. The highest BCUT2D eigenvalue weighted by molar-refractivity contribution is 5.66. The summed E-state index contributed by atoms with van der Waals surface area (Å²) in [7, 11) is 1.92. The van der Waals surface area contributed by atoms with E-state index in [1.807, 2.05) is 35.9 Å². The van der Waals surface area contributed by atoms with E-state index in [4.69, 9.17) is 0 Å². The monoisotopic (exact) mass is 550 g/mol. The van der Waals surface area contributed by atoms with Gasteiger partial charge in [-0.05, 0) is 72.9 Å². The van der Waals surface area contributed by atoms with Gasteiger partial charge in [0.2, 0.25) is 0 Å². The van der Waals surface area contributed by atoms with E-state index >= 15 is 0 Å². The van der Waals surface area contributed by atoms with E-state index in [1.165, 1.54) is 12.4 Å². The van der Waals surface area contributed by atoms with E-state index < -0.39 is 17.3 Å². The number of likely N-dealkylation sites (tertiary alicyclic amines) is 1.